The largest absolute Gasteiger partial charge is 0.319 e. The van der Waals surface area contributed by atoms with Crippen molar-refractivity contribution in [1.82, 2.24) is 14.8 Å². The summed E-state index contributed by atoms with van der Waals surface area (Å²) in [7, 11) is 0. The van der Waals surface area contributed by atoms with Crippen LogP contribution in [0.1, 0.15) is 27.6 Å². The van der Waals surface area contributed by atoms with E-state index in [1.165, 1.54) is 0 Å². The van der Waals surface area contributed by atoms with E-state index in [0.29, 0.717) is 10.8 Å². The third-order valence-corrected chi connectivity index (χ3v) is 3.94. The van der Waals surface area contributed by atoms with Crippen molar-refractivity contribution >= 4 is 23.2 Å². The smallest absolute Gasteiger partial charge is 0.295 e. The van der Waals surface area contributed by atoms with E-state index in [-0.39, 0.29) is 11.7 Å². The summed E-state index contributed by atoms with van der Waals surface area (Å²) in [5.41, 5.74) is 3.63. The van der Waals surface area contributed by atoms with Crippen molar-refractivity contribution in [3.05, 3.63) is 70.3 Å². The van der Waals surface area contributed by atoms with Crippen LogP contribution in [0.4, 0.5) is 5.69 Å². The Morgan fingerprint density at radius 3 is 2.50 bits per heavy atom. The molecule has 0 atom stereocenters. The van der Waals surface area contributed by atoms with Crippen LogP contribution in [0.3, 0.4) is 0 Å². The molecule has 0 radical (unpaired) electrons. The highest BCUT2D eigenvalue weighted by Crippen LogP contribution is 2.18. The molecule has 2 aromatic carbocycles. The van der Waals surface area contributed by atoms with Gasteiger partial charge < -0.3 is 5.32 Å². The first-order chi connectivity index (χ1) is 11.4. The third-order valence-electron chi connectivity index (χ3n) is 3.68. The molecule has 0 aliphatic rings. The molecule has 0 unspecified atom stereocenters. The summed E-state index contributed by atoms with van der Waals surface area (Å²) in [5.74, 6) is 0.423. The van der Waals surface area contributed by atoms with Crippen LogP contribution in [0.25, 0.3) is 5.69 Å². The summed E-state index contributed by atoms with van der Waals surface area (Å²) in [6.45, 7) is 5.73. The second kappa shape index (κ2) is 6.45. The van der Waals surface area contributed by atoms with Crippen molar-refractivity contribution < 1.29 is 4.79 Å². The summed E-state index contributed by atoms with van der Waals surface area (Å²) in [5, 5.41) is 7.82. The van der Waals surface area contributed by atoms with Crippen LogP contribution in [0.15, 0.2) is 42.5 Å². The molecular weight excluding hydrogens is 324 g/mol. The van der Waals surface area contributed by atoms with E-state index >= 15 is 0 Å². The molecule has 6 heteroatoms. The molecule has 5 nitrogen and oxygen atoms in total. The topological polar surface area (TPSA) is 59.8 Å². The Labute approximate surface area is 145 Å². The Balaban J connectivity index is 1.87. The van der Waals surface area contributed by atoms with E-state index in [1.54, 1.807) is 23.7 Å². The number of anilines is 1. The minimum absolute atomic E-state index is 0.128. The van der Waals surface area contributed by atoms with Crippen molar-refractivity contribution in [2.45, 2.75) is 20.8 Å². The van der Waals surface area contributed by atoms with E-state index in [2.05, 4.69) is 15.4 Å². The number of halogens is 1. The molecule has 1 heterocycles. The first-order valence-electron chi connectivity index (χ1n) is 7.52. The van der Waals surface area contributed by atoms with Gasteiger partial charge in [0.05, 0.1) is 5.69 Å². The van der Waals surface area contributed by atoms with Gasteiger partial charge in [-0.25, -0.2) is 9.67 Å². The minimum Gasteiger partial charge on any atom is -0.319 e. The second-order valence-electron chi connectivity index (χ2n) is 5.64. The second-order valence-corrected chi connectivity index (χ2v) is 6.08. The van der Waals surface area contributed by atoms with Gasteiger partial charge in [-0.15, -0.1) is 5.10 Å². The van der Waals surface area contributed by atoms with E-state index in [1.807, 2.05) is 44.2 Å². The number of carbonyl (C=O) groups excluding carboxylic acids is 1. The average Bonchev–Trinajstić information content (AvgIpc) is 2.94. The molecule has 3 aromatic rings. The number of amides is 1. The van der Waals surface area contributed by atoms with E-state index in [4.69, 9.17) is 11.6 Å². The van der Waals surface area contributed by atoms with E-state index in [0.717, 1.165) is 22.5 Å². The van der Waals surface area contributed by atoms with Gasteiger partial charge in [0.1, 0.15) is 5.82 Å². The monoisotopic (exact) mass is 340 g/mol. The van der Waals surface area contributed by atoms with E-state index < -0.39 is 0 Å². The van der Waals surface area contributed by atoms with Crippen LogP contribution in [0, 0.1) is 20.8 Å². The summed E-state index contributed by atoms with van der Waals surface area (Å²) in [6.07, 6.45) is 0. The Morgan fingerprint density at radius 2 is 1.79 bits per heavy atom. The van der Waals surface area contributed by atoms with Crippen LogP contribution < -0.4 is 5.32 Å². The summed E-state index contributed by atoms with van der Waals surface area (Å²) < 4.78 is 1.62. The lowest BCUT2D eigenvalue weighted by atomic mass is 10.1. The number of carbonyl (C=O) groups is 1. The Morgan fingerprint density at radius 1 is 1.08 bits per heavy atom. The zero-order valence-electron chi connectivity index (χ0n) is 13.7. The van der Waals surface area contributed by atoms with Gasteiger partial charge in [0.15, 0.2) is 0 Å². The maximum atomic E-state index is 12.5. The summed E-state index contributed by atoms with van der Waals surface area (Å²) in [6, 6.07) is 13.1. The van der Waals surface area contributed by atoms with Gasteiger partial charge in [-0.2, -0.15) is 0 Å². The molecule has 24 heavy (non-hydrogen) atoms. The van der Waals surface area contributed by atoms with Gasteiger partial charge in [-0.05, 0) is 62.2 Å². The Hall–Kier alpha value is -2.66. The molecule has 1 aromatic heterocycles. The SMILES string of the molecule is Cc1ccc(C)c(NC(=O)c2nc(C)n(-c3ccc(Cl)cc3)n2)c1. The van der Waals surface area contributed by atoms with Crippen LogP contribution in [-0.4, -0.2) is 20.7 Å². The summed E-state index contributed by atoms with van der Waals surface area (Å²) >= 11 is 5.90. The highest BCUT2D eigenvalue weighted by molar-refractivity contribution is 6.30. The van der Waals surface area contributed by atoms with Crippen LogP contribution in [-0.2, 0) is 0 Å². The predicted octanol–water partition coefficient (Wildman–Crippen LogP) is 4.10. The van der Waals surface area contributed by atoms with Gasteiger partial charge in [-0.1, -0.05) is 23.7 Å². The number of aryl methyl sites for hydroxylation is 3. The normalized spacial score (nSPS) is 10.7. The molecule has 0 saturated heterocycles. The number of hydrogen-bond acceptors (Lipinski definition) is 3. The average molecular weight is 341 g/mol. The first-order valence-corrected chi connectivity index (χ1v) is 7.90. The molecule has 3 rings (SSSR count). The molecule has 0 spiro atoms. The number of hydrogen-bond donors (Lipinski definition) is 1. The van der Waals surface area contributed by atoms with Gasteiger partial charge in [0, 0.05) is 10.7 Å². The number of benzene rings is 2. The number of nitrogens with one attached hydrogen (secondary N) is 1. The molecule has 1 amide bonds. The lowest BCUT2D eigenvalue weighted by Gasteiger charge is -2.07. The molecule has 0 aliphatic carbocycles. The highest BCUT2D eigenvalue weighted by atomic mass is 35.5. The van der Waals surface area contributed by atoms with Crippen molar-refractivity contribution in [2.75, 3.05) is 5.32 Å². The lowest BCUT2D eigenvalue weighted by molar-refractivity contribution is 0.101. The van der Waals surface area contributed by atoms with Crippen molar-refractivity contribution in [3.8, 4) is 5.69 Å². The van der Waals surface area contributed by atoms with Crippen LogP contribution >= 0.6 is 11.6 Å². The standard InChI is InChI=1S/C18H17ClN4O/c1-11-4-5-12(2)16(10-11)21-18(24)17-20-13(3)23(22-17)15-8-6-14(19)7-9-15/h4-10H,1-3H3,(H,21,24). The maximum Gasteiger partial charge on any atom is 0.295 e. The Kier molecular flexibility index (Phi) is 4.36. The van der Waals surface area contributed by atoms with Gasteiger partial charge in [-0.3, -0.25) is 4.79 Å². The highest BCUT2D eigenvalue weighted by Gasteiger charge is 2.16. The molecule has 122 valence electrons. The molecule has 0 saturated carbocycles. The molecule has 0 fully saturated rings. The van der Waals surface area contributed by atoms with Gasteiger partial charge >= 0.3 is 0 Å². The summed E-state index contributed by atoms with van der Waals surface area (Å²) in [4.78, 5) is 16.7. The van der Waals surface area contributed by atoms with Crippen LogP contribution in [0.2, 0.25) is 5.02 Å². The van der Waals surface area contributed by atoms with Crippen molar-refractivity contribution in [1.29, 1.82) is 0 Å². The zero-order valence-corrected chi connectivity index (χ0v) is 14.4. The number of rotatable bonds is 3. The van der Waals surface area contributed by atoms with Crippen molar-refractivity contribution in [3.63, 3.8) is 0 Å². The minimum atomic E-state index is -0.334. The van der Waals surface area contributed by atoms with Gasteiger partial charge in [0.2, 0.25) is 5.82 Å². The van der Waals surface area contributed by atoms with Gasteiger partial charge in [0.25, 0.3) is 5.91 Å². The molecule has 0 bridgehead atoms. The molecule has 0 aliphatic heterocycles. The first kappa shape index (κ1) is 16.2. The Bertz CT molecular complexity index is 900. The molecular formula is C18H17ClN4O. The fourth-order valence-electron chi connectivity index (χ4n) is 2.36. The number of aromatic nitrogens is 3. The van der Waals surface area contributed by atoms with Crippen molar-refractivity contribution in [2.24, 2.45) is 0 Å². The predicted molar refractivity (Wildman–Crippen MR) is 95.0 cm³/mol. The number of nitrogens with zero attached hydrogens (tertiary/aromatic N) is 3. The fraction of sp³-hybridized carbons (Fsp3) is 0.167. The molecule has 1 N–H and O–H groups in total. The zero-order chi connectivity index (χ0) is 17.3. The maximum absolute atomic E-state index is 12.5. The van der Waals surface area contributed by atoms with E-state index in [9.17, 15) is 4.79 Å². The lowest BCUT2D eigenvalue weighted by Crippen LogP contribution is -2.15. The van der Waals surface area contributed by atoms with Crippen LogP contribution in [0.5, 0.6) is 0 Å². The third kappa shape index (κ3) is 3.31. The fourth-order valence-corrected chi connectivity index (χ4v) is 2.49. The quantitative estimate of drug-likeness (QED) is 0.781.